The number of nitrogens with zero attached hydrogens (tertiary/aromatic N) is 2. The van der Waals surface area contributed by atoms with Gasteiger partial charge in [-0.2, -0.15) is 0 Å². The Bertz CT molecular complexity index is 879. The Labute approximate surface area is 149 Å². The standard InChI is InChI=1S/C18H16ClFN4O/c1-24-10-9-21-17(24)16(12-3-2-4-14(20)11-12)23-18(25)22-15-7-5-13(19)6-8-15/h2-11,16H,1H3,(H2,22,23,25)/t16-/m1/s1. The largest absolute Gasteiger partial charge is 0.336 e. The van der Waals surface area contributed by atoms with E-state index in [2.05, 4.69) is 15.6 Å². The van der Waals surface area contributed by atoms with Gasteiger partial charge >= 0.3 is 6.03 Å². The molecule has 128 valence electrons. The maximum atomic E-state index is 13.6. The first-order valence-corrected chi connectivity index (χ1v) is 7.96. The average Bonchev–Trinajstić information content (AvgIpc) is 3.00. The van der Waals surface area contributed by atoms with E-state index in [1.54, 1.807) is 53.4 Å². The molecule has 1 atom stereocenters. The molecule has 1 aromatic heterocycles. The smallest absolute Gasteiger partial charge is 0.320 e. The van der Waals surface area contributed by atoms with E-state index in [4.69, 9.17) is 11.6 Å². The molecule has 2 aromatic carbocycles. The van der Waals surface area contributed by atoms with E-state index in [9.17, 15) is 9.18 Å². The van der Waals surface area contributed by atoms with Crippen LogP contribution in [0.1, 0.15) is 17.4 Å². The molecular weight excluding hydrogens is 343 g/mol. The first-order valence-electron chi connectivity index (χ1n) is 7.59. The summed E-state index contributed by atoms with van der Waals surface area (Å²) in [6.45, 7) is 0. The zero-order valence-corrected chi connectivity index (χ0v) is 14.2. The second-order valence-corrected chi connectivity index (χ2v) is 5.93. The van der Waals surface area contributed by atoms with Gasteiger partial charge in [-0.05, 0) is 42.0 Å². The number of nitrogens with one attached hydrogen (secondary N) is 2. The van der Waals surface area contributed by atoms with Gasteiger partial charge in [-0.3, -0.25) is 0 Å². The summed E-state index contributed by atoms with van der Waals surface area (Å²) in [5.41, 5.74) is 1.19. The van der Waals surface area contributed by atoms with Crippen LogP contribution in [-0.2, 0) is 7.05 Å². The van der Waals surface area contributed by atoms with Crippen LogP contribution >= 0.6 is 11.6 Å². The van der Waals surface area contributed by atoms with Crippen LogP contribution in [0.15, 0.2) is 60.9 Å². The Kier molecular flexibility index (Phi) is 5.00. The number of hydrogen-bond acceptors (Lipinski definition) is 2. The molecule has 0 saturated heterocycles. The molecule has 3 rings (SSSR count). The van der Waals surface area contributed by atoms with Gasteiger partial charge in [0.2, 0.25) is 0 Å². The number of benzene rings is 2. The van der Waals surface area contributed by atoms with Gasteiger partial charge in [0.15, 0.2) is 0 Å². The molecule has 5 nitrogen and oxygen atoms in total. The first-order chi connectivity index (χ1) is 12.0. The molecule has 25 heavy (non-hydrogen) atoms. The van der Waals surface area contributed by atoms with Crippen LogP contribution in [0.4, 0.5) is 14.9 Å². The molecule has 1 heterocycles. The lowest BCUT2D eigenvalue weighted by Gasteiger charge is -2.19. The van der Waals surface area contributed by atoms with Crippen molar-refractivity contribution in [1.29, 1.82) is 0 Å². The number of rotatable bonds is 4. The van der Waals surface area contributed by atoms with Crippen LogP contribution in [0, 0.1) is 5.82 Å². The summed E-state index contributed by atoms with van der Waals surface area (Å²) in [4.78, 5) is 16.7. The molecule has 0 unspecified atom stereocenters. The molecule has 3 aromatic rings. The Hall–Kier alpha value is -2.86. The van der Waals surface area contributed by atoms with Gasteiger partial charge in [0.1, 0.15) is 17.7 Å². The van der Waals surface area contributed by atoms with E-state index in [0.29, 0.717) is 22.1 Å². The summed E-state index contributed by atoms with van der Waals surface area (Å²) >= 11 is 5.84. The van der Waals surface area contributed by atoms with Gasteiger partial charge in [0.25, 0.3) is 0 Å². The van der Waals surface area contributed by atoms with E-state index in [-0.39, 0.29) is 5.82 Å². The summed E-state index contributed by atoms with van der Waals surface area (Å²) < 4.78 is 15.4. The lowest BCUT2D eigenvalue weighted by molar-refractivity contribution is 0.249. The maximum absolute atomic E-state index is 13.6. The number of imidazole rings is 1. The molecule has 0 saturated carbocycles. The topological polar surface area (TPSA) is 59.0 Å². The van der Waals surface area contributed by atoms with Crippen molar-refractivity contribution in [3.63, 3.8) is 0 Å². The molecular formula is C18H16ClFN4O. The lowest BCUT2D eigenvalue weighted by Crippen LogP contribution is -2.34. The normalized spacial score (nSPS) is 11.8. The van der Waals surface area contributed by atoms with Crippen molar-refractivity contribution in [3.8, 4) is 0 Å². The SMILES string of the molecule is Cn1ccnc1[C@H](NC(=O)Nc1ccc(Cl)cc1)c1cccc(F)c1. The van der Waals surface area contributed by atoms with Crippen molar-refractivity contribution in [1.82, 2.24) is 14.9 Å². The Morgan fingerprint density at radius 1 is 1.24 bits per heavy atom. The number of anilines is 1. The predicted molar refractivity (Wildman–Crippen MR) is 95.1 cm³/mol. The zero-order chi connectivity index (χ0) is 17.8. The van der Waals surface area contributed by atoms with Gasteiger partial charge < -0.3 is 15.2 Å². The molecule has 0 aliphatic rings. The van der Waals surface area contributed by atoms with E-state index < -0.39 is 12.1 Å². The highest BCUT2D eigenvalue weighted by Crippen LogP contribution is 2.21. The van der Waals surface area contributed by atoms with Crippen LogP contribution in [0.5, 0.6) is 0 Å². The monoisotopic (exact) mass is 358 g/mol. The van der Waals surface area contributed by atoms with Crippen molar-refractivity contribution >= 4 is 23.3 Å². The molecule has 0 fully saturated rings. The molecule has 0 radical (unpaired) electrons. The summed E-state index contributed by atoms with van der Waals surface area (Å²) in [5, 5.41) is 6.14. The number of carbonyl (C=O) groups excluding carboxylic acids is 1. The molecule has 2 N–H and O–H groups in total. The van der Waals surface area contributed by atoms with Gasteiger partial charge in [0, 0.05) is 30.2 Å². The lowest BCUT2D eigenvalue weighted by atomic mass is 10.1. The minimum atomic E-state index is -0.594. The summed E-state index contributed by atoms with van der Waals surface area (Å²) in [7, 11) is 1.81. The van der Waals surface area contributed by atoms with Crippen molar-refractivity contribution in [2.45, 2.75) is 6.04 Å². The van der Waals surface area contributed by atoms with Crippen molar-refractivity contribution in [3.05, 3.63) is 83.2 Å². The number of urea groups is 1. The summed E-state index contributed by atoms with van der Waals surface area (Å²) in [5.74, 6) is 0.216. The fourth-order valence-corrected chi connectivity index (χ4v) is 2.60. The van der Waals surface area contributed by atoms with Crippen LogP contribution in [-0.4, -0.2) is 15.6 Å². The third-order valence-corrected chi connectivity index (χ3v) is 3.93. The second kappa shape index (κ2) is 7.36. The molecule has 0 aliphatic carbocycles. The third-order valence-electron chi connectivity index (χ3n) is 3.68. The molecule has 0 bridgehead atoms. The van der Waals surface area contributed by atoms with Crippen molar-refractivity contribution in [2.75, 3.05) is 5.32 Å². The van der Waals surface area contributed by atoms with E-state index >= 15 is 0 Å². The Balaban J connectivity index is 1.83. The van der Waals surface area contributed by atoms with E-state index in [1.807, 2.05) is 7.05 Å². The number of carbonyl (C=O) groups is 1. The van der Waals surface area contributed by atoms with Gasteiger partial charge in [-0.15, -0.1) is 0 Å². The van der Waals surface area contributed by atoms with Crippen molar-refractivity contribution < 1.29 is 9.18 Å². The van der Waals surface area contributed by atoms with Gasteiger partial charge in [-0.25, -0.2) is 14.2 Å². The Morgan fingerprint density at radius 3 is 2.64 bits per heavy atom. The fourth-order valence-electron chi connectivity index (χ4n) is 2.47. The average molecular weight is 359 g/mol. The van der Waals surface area contributed by atoms with Crippen LogP contribution in [0.25, 0.3) is 0 Å². The summed E-state index contributed by atoms with van der Waals surface area (Å²) in [6.07, 6.45) is 3.39. The van der Waals surface area contributed by atoms with Crippen LogP contribution < -0.4 is 10.6 Å². The zero-order valence-electron chi connectivity index (χ0n) is 13.4. The molecule has 2 amide bonds. The number of amides is 2. The minimum Gasteiger partial charge on any atom is -0.336 e. The molecule has 7 heteroatoms. The fraction of sp³-hybridized carbons (Fsp3) is 0.111. The van der Waals surface area contributed by atoms with Gasteiger partial charge in [0.05, 0.1) is 0 Å². The molecule has 0 aliphatic heterocycles. The van der Waals surface area contributed by atoms with Gasteiger partial charge in [-0.1, -0.05) is 23.7 Å². The predicted octanol–water partition coefficient (Wildman–Crippen LogP) is 4.12. The van der Waals surface area contributed by atoms with E-state index in [0.717, 1.165) is 0 Å². The number of hydrogen-bond donors (Lipinski definition) is 2. The maximum Gasteiger partial charge on any atom is 0.320 e. The van der Waals surface area contributed by atoms with Crippen molar-refractivity contribution in [2.24, 2.45) is 7.05 Å². The highest BCUT2D eigenvalue weighted by molar-refractivity contribution is 6.30. The first kappa shape index (κ1) is 17.0. The number of aryl methyl sites for hydroxylation is 1. The summed E-state index contributed by atoms with van der Waals surface area (Å²) in [6, 6.07) is 11.8. The quantitative estimate of drug-likeness (QED) is 0.737. The Morgan fingerprint density at radius 2 is 2.00 bits per heavy atom. The minimum absolute atomic E-state index is 0.378. The number of halogens is 2. The number of aromatic nitrogens is 2. The second-order valence-electron chi connectivity index (χ2n) is 5.49. The highest BCUT2D eigenvalue weighted by Gasteiger charge is 2.21. The van der Waals surface area contributed by atoms with Crippen LogP contribution in [0.3, 0.4) is 0 Å². The highest BCUT2D eigenvalue weighted by atomic mass is 35.5. The third kappa shape index (κ3) is 4.16. The van der Waals surface area contributed by atoms with Crippen LogP contribution in [0.2, 0.25) is 5.02 Å². The molecule has 0 spiro atoms. The van der Waals surface area contributed by atoms with E-state index in [1.165, 1.54) is 12.1 Å².